The molecule has 0 aromatic carbocycles. The van der Waals surface area contributed by atoms with Crippen molar-refractivity contribution in [3.8, 4) is 0 Å². The van der Waals surface area contributed by atoms with Gasteiger partial charge in [0.15, 0.2) is 5.69 Å². The van der Waals surface area contributed by atoms with Gasteiger partial charge in [0.25, 0.3) is 0 Å². The molecule has 0 unspecified atom stereocenters. The Balaban J connectivity index is 3.02. The summed E-state index contributed by atoms with van der Waals surface area (Å²) >= 11 is 4.76. The quantitative estimate of drug-likeness (QED) is 0.567. The van der Waals surface area contributed by atoms with Crippen LogP contribution in [0.4, 0.5) is 0 Å². The normalized spacial score (nSPS) is 9.86. The zero-order valence-electron chi connectivity index (χ0n) is 7.98. The van der Waals surface area contributed by atoms with Crippen LogP contribution in [0.25, 0.3) is 0 Å². The second-order valence-corrected chi connectivity index (χ2v) is 3.34. The number of aromatic nitrogens is 2. The smallest absolute Gasteiger partial charge is 0.358 e. The molecule has 5 nitrogen and oxygen atoms in total. The molecular formula is C8H11N3O2S. The topological polar surface area (TPSA) is 70.1 Å². The van der Waals surface area contributed by atoms with Gasteiger partial charge in [-0.3, -0.25) is 4.68 Å². The van der Waals surface area contributed by atoms with E-state index in [4.69, 9.17) is 18.0 Å². The molecule has 0 aliphatic rings. The SMILES string of the molecule is COC(=O)c1nn(C)cc1CC(N)=S. The van der Waals surface area contributed by atoms with Crippen molar-refractivity contribution in [3.05, 3.63) is 17.5 Å². The molecule has 0 amide bonds. The highest BCUT2D eigenvalue weighted by atomic mass is 32.1. The Hall–Kier alpha value is -1.43. The molecule has 0 bridgehead atoms. The van der Waals surface area contributed by atoms with Crippen molar-refractivity contribution < 1.29 is 9.53 Å². The number of hydrogen-bond donors (Lipinski definition) is 1. The van der Waals surface area contributed by atoms with Crippen LogP contribution in [0.15, 0.2) is 6.20 Å². The Labute approximate surface area is 86.8 Å². The zero-order valence-corrected chi connectivity index (χ0v) is 8.80. The first-order chi connectivity index (χ1) is 6.54. The summed E-state index contributed by atoms with van der Waals surface area (Å²) in [5, 5.41) is 3.96. The highest BCUT2D eigenvalue weighted by Gasteiger charge is 2.16. The third kappa shape index (κ3) is 2.29. The number of nitrogens with two attached hydrogens (primary N) is 1. The van der Waals surface area contributed by atoms with Crippen LogP contribution >= 0.6 is 12.2 Å². The van der Waals surface area contributed by atoms with Crippen molar-refractivity contribution in [1.29, 1.82) is 0 Å². The minimum absolute atomic E-state index is 0.266. The fourth-order valence-corrected chi connectivity index (χ4v) is 1.28. The van der Waals surface area contributed by atoms with E-state index in [9.17, 15) is 4.79 Å². The maximum atomic E-state index is 11.2. The van der Waals surface area contributed by atoms with E-state index in [1.54, 1.807) is 13.2 Å². The van der Waals surface area contributed by atoms with E-state index < -0.39 is 5.97 Å². The van der Waals surface area contributed by atoms with E-state index in [0.717, 1.165) is 0 Å². The molecular weight excluding hydrogens is 202 g/mol. The molecule has 1 aromatic rings. The molecule has 0 aliphatic heterocycles. The molecule has 0 atom stereocenters. The lowest BCUT2D eigenvalue weighted by Gasteiger charge is -1.98. The Morgan fingerprint density at radius 2 is 2.43 bits per heavy atom. The van der Waals surface area contributed by atoms with Crippen LogP contribution in [0.2, 0.25) is 0 Å². The Morgan fingerprint density at radius 1 is 1.79 bits per heavy atom. The van der Waals surface area contributed by atoms with Crippen LogP contribution in [0.5, 0.6) is 0 Å². The van der Waals surface area contributed by atoms with Gasteiger partial charge in [-0.25, -0.2) is 4.79 Å². The molecule has 6 heteroatoms. The first kappa shape index (κ1) is 10.6. The van der Waals surface area contributed by atoms with Crippen molar-refractivity contribution >= 4 is 23.2 Å². The summed E-state index contributed by atoms with van der Waals surface area (Å²) in [6, 6.07) is 0. The molecule has 2 N–H and O–H groups in total. The maximum Gasteiger partial charge on any atom is 0.358 e. The van der Waals surface area contributed by atoms with Gasteiger partial charge in [-0.15, -0.1) is 0 Å². The molecule has 0 saturated heterocycles. The minimum Gasteiger partial charge on any atom is -0.464 e. The van der Waals surface area contributed by atoms with Gasteiger partial charge in [-0.1, -0.05) is 12.2 Å². The van der Waals surface area contributed by atoms with Gasteiger partial charge in [0.05, 0.1) is 12.1 Å². The molecule has 0 radical (unpaired) electrons. The standard InChI is InChI=1S/C8H11N3O2S/c1-11-4-5(3-6(9)14)7(10-11)8(12)13-2/h4H,3H2,1-2H3,(H2,9,14). The van der Waals surface area contributed by atoms with Crippen molar-refractivity contribution in [2.24, 2.45) is 12.8 Å². The van der Waals surface area contributed by atoms with Gasteiger partial charge in [-0.2, -0.15) is 5.10 Å². The van der Waals surface area contributed by atoms with E-state index >= 15 is 0 Å². The van der Waals surface area contributed by atoms with Crippen molar-refractivity contribution in [3.63, 3.8) is 0 Å². The van der Waals surface area contributed by atoms with Crippen LogP contribution in [0, 0.1) is 0 Å². The second kappa shape index (κ2) is 4.19. The molecule has 14 heavy (non-hydrogen) atoms. The Morgan fingerprint density at radius 3 is 2.93 bits per heavy atom. The van der Waals surface area contributed by atoms with E-state index in [1.807, 2.05) is 0 Å². The van der Waals surface area contributed by atoms with Crippen molar-refractivity contribution in [1.82, 2.24) is 9.78 Å². The summed E-state index contributed by atoms with van der Waals surface area (Å²) in [6.07, 6.45) is 2.05. The average Bonchev–Trinajstić information content (AvgIpc) is 2.44. The van der Waals surface area contributed by atoms with Gasteiger partial charge in [-0.05, 0) is 0 Å². The highest BCUT2D eigenvalue weighted by molar-refractivity contribution is 7.80. The van der Waals surface area contributed by atoms with Gasteiger partial charge in [0.1, 0.15) is 0 Å². The predicted molar refractivity (Wildman–Crippen MR) is 55.0 cm³/mol. The largest absolute Gasteiger partial charge is 0.464 e. The van der Waals surface area contributed by atoms with Gasteiger partial charge < -0.3 is 10.5 Å². The van der Waals surface area contributed by atoms with E-state index in [2.05, 4.69) is 9.84 Å². The lowest BCUT2D eigenvalue weighted by atomic mass is 10.2. The summed E-state index contributed by atoms with van der Waals surface area (Å²) < 4.78 is 6.10. The first-order valence-electron chi connectivity index (χ1n) is 3.93. The summed E-state index contributed by atoms with van der Waals surface area (Å²) in [4.78, 5) is 11.6. The lowest BCUT2D eigenvalue weighted by Crippen LogP contribution is -2.14. The number of hydrogen-bond acceptors (Lipinski definition) is 4. The van der Waals surface area contributed by atoms with Crippen LogP contribution in [-0.4, -0.2) is 27.8 Å². The number of methoxy groups -OCH3 is 1. The van der Waals surface area contributed by atoms with Gasteiger partial charge in [0, 0.05) is 25.2 Å². The summed E-state index contributed by atoms with van der Waals surface area (Å²) in [6.45, 7) is 0. The van der Waals surface area contributed by atoms with Crippen LogP contribution < -0.4 is 5.73 Å². The number of thiocarbonyl (C=S) groups is 1. The lowest BCUT2D eigenvalue weighted by molar-refractivity contribution is 0.0592. The number of esters is 1. The Kier molecular flexibility index (Phi) is 3.19. The molecule has 0 aliphatic carbocycles. The van der Waals surface area contributed by atoms with E-state index in [1.165, 1.54) is 11.8 Å². The Bertz CT molecular complexity index is 373. The first-order valence-corrected chi connectivity index (χ1v) is 4.34. The molecule has 76 valence electrons. The highest BCUT2D eigenvalue weighted by Crippen LogP contribution is 2.08. The van der Waals surface area contributed by atoms with Crippen molar-refractivity contribution in [2.75, 3.05) is 7.11 Å². The number of carbonyl (C=O) groups excluding carboxylic acids is 1. The average molecular weight is 213 g/mol. The van der Waals surface area contributed by atoms with Crippen LogP contribution in [0.1, 0.15) is 16.1 Å². The minimum atomic E-state index is -0.475. The van der Waals surface area contributed by atoms with Crippen LogP contribution in [0.3, 0.4) is 0 Å². The fraction of sp³-hybridized carbons (Fsp3) is 0.375. The molecule has 0 spiro atoms. The van der Waals surface area contributed by atoms with E-state index in [-0.39, 0.29) is 5.69 Å². The second-order valence-electron chi connectivity index (χ2n) is 2.81. The van der Waals surface area contributed by atoms with Crippen LogP contribution in [-0.2, 0) is 18.2 Å². The number of ether oxygens (including phenoxy) is 1. The molecule has 1 heterocycles. The number of nitrogens with zero attached hydrogens (tertiary/aromatic N) is 2. The van der Waals surface area contributed by atoms with Gasteiger partial charge in [0.2, 0.25) is 0 Å². The number of rotatable bonds is 3. The molecule has 0 saturated carbocycles. The van der Waals surface area contributed by atoms with Gasteiger partial charge >= 0.3 is 5.97 Å². The monoisotopic (exact) mass is 213 g/mol. The van der Waals surface area contributed by atoms with E-state index in [0.29, 0.717) is 17.0 Å². The predicted octanol–water partition coefficient (Wildman–Crippen LogP) is 0.0353. The summed E-state index contributed by atoms with van der Waals surface area (Å²) in [5.74, 6) is -0.475. The number of aryl methyl sites for hydroxylation is 1. The molecule has 1 aromatic heterocycles. The maximum absolute atomic E-state index is 11.2. The molecule has 0 fully saturated rings. The summed E-state index contributed by atoms with van der Waals surface area (Å²) in [7, 11) is 3.02. The molecule has 1 rings (SSSR count). The fourth-order valence-electron chi connectivity index (χ4n) is 1.12. The van der Waals surface area contributed by atoms with Crippen molar-refractivity contribution in [2.45, 2.75) is 6.42 Å². The summed E-state index contributed by atoms with van der Waals surface area (Å²) in [5.41, 5.74) is 6.34. The third-order valence-electron chi connectivity index (χ3n) is 1.65. The zero-order chi connectivity index (χ0) is 10.7. The third-order valence-corrected chi connectivity index (χ3v) is 1.79. The number of carbonyl (C=O) groups is 1.